The van der Waals surface area contributed by atoms with Gasteiger partial charge in [-0.05, 0) is 57.1 Å². The van der Waals surface area contributed by atoms with E-state index in [0.29, 0.717) is 18.6 Å². The van der Waals surface area contributed by atoms with Crippen molar-refractivity contribution in [3.05, 3.63) is 74.6 Å². The van der Waals surface area contributed by atoms with E-state index in [1.54, 1.807) is 24.8 Å². The lowest BCUT2D eigenvalue weighted by atomic mass is 9.99. The predicted molar refractivity (Wildman–Crippen MR) is 150 cm³/mol. The Morgan fingerprint density at radius 1 is 1.19 bits per heavy atom. The molecule has 2 heterocycles. The Kier molecular flexibility index (Phi) is 15.0. The van der Waals surface area contributed by atoms with Crippen molar-refractivity contribution in [2.45, 2.75) is 78.6 Å². The molecule has 0 saturated heterocycles. The van der Waals surface area contributed by atoms with Crippen LogP contribution in [0.15, 0.2) is 52.3 Å². The first-order chi connectivity index (χ1) is 17.6. The summed E-state index contributed by atoms with van der Waals surface area (Å²) in [4.78, 5) is 37.8. The third-order valence-corrected chi connectivity index (χ3v) is 6.91. The zero-order valence-electron chi connectivity index (χ0n) is 22.7. The van der Waals surface area contributed by atoms with E-state index < -0.39 is 23.4 Å². The van der Waals surface area contributed by atoms with E-state index in [0.717, 1.165) is 6.42 Å². The highest BCUT2D eigenvalue weighted by molar-refractivity contribution is 7.11. The van der Waals surface area contributed by atoms with Gasteiger partial charge in [0.15, 0.2) is 5.78 Å². The number of carbonyl (C=O) groups excluding carboxylic acids is 2. The van der Waals surface area contributed by atoms with Crippen LogP contribution in [-0.2, 0) is 17.6 Å². The van der Waals surface area contributed by atoms with Crippen molar-refractivity contribution in [2.24, 2.45) is 5.92 Å². The Hall–Kier alpha value is -3.13. The molecule has 1 unspecified atom stereocenters. The maximum absolute atomic E-state index is 12.0. The summed E-state index contributed by atoms with van der Waals surface area (Å²) in [7, 11) is 1.27. The molecular weight excluding hydrogens is 490 g/mol. The van der Waals surface area contributed by atoms with Crippen LogP contribution in [-0.4, -0.2) is 24.1 Å². The number of hydrogen-bond acceptors (Lipinski definition) is 7. The Morgan fingerprint density at radius 3 is 2.46 bits per heavy atom. The number of ether oxygens (including phenoxy) is 1. The smallest absolute Gasteiger partial charge is 0.410 e. The van der Waals surface area contributed by atoms with Gasteiger partial charge in [0.25, 0.3) is 0 Å². The summed E-state index contributed by atoms with van der Waals surface area (Å²) in [5.41, 5.74) is -1.12. The van der Waals surface area contributed by atoms with Gasteiger partial charge in [0, 0.05) is 33.9 Å². The van der Waals surface area contributed by atoms with Crippen LogP contribution in [0.5, 0.6) is 5.75 Å². The molecule has 7 nitrogen and oxygen atoms in total. The van der Waals surface area contributed by atoms with Crippen molar-refractivity contribution in [1.29, 1.82) is 0 Å². The highest BCUT2D eigenvalue weighted by Gasteiger charge is 2.22. The Labute approximate surface area is 224 Å². The number of Topliss-reactive ketones (excluding diaryl/α,β-unsaturated/α-hetero) is 1. The van der Waals surface area contributed by atoms with Gasteiger partial charge in [0.05, 0.1) is 7.11 Å². The number of aromatic hydroxyl groups is 1. The quantitative estimate of drug-likeness (QED) is 0.162. The number of amides is 1. The molecule has 2 N–H and O–H groups in total. The number of thiophene rings is 1. The van der Waals surface area contributed by atoms with E-state index in [9.17, 15) is 19.5 Å². The van der Waals surface area contributed by atoms with Crippen molar-refractivity contribution in [3.8, 4) is 5.75 Å². The molecule has 8 heteroatoms. The molecule has 204 valence electrons. The topological polar surface area (TPSA) is 106 Å². The first-order valence-corrected chi connectivity index (χ1v) is 13.5. The van der Waals surface area contributed by atoms with Crippen LogP contribution >= 0.6 is 11.3 Å². The molecule has 0 spiro atoms. The summed E-state index contributed by atoms with van der Waals surface area (Å²) in [6.07, 6.45) is 12.1. The van der Waals surface area contributed by atoms with Crippen LogP contribution in [0.4, 0.5) is 4.79 Å². The number of aryl methyl sites for hydroxylation is 2. The zero-order chi connectivity index (χ0) is 27.8. The van der Waals surface area contributed by atoms with E-state index >= 15 is 0 Å². The van der Waals surface area contributed by atoms with Crippen molar-refractivity contribution < 1.29 is 23.8 Å². The highest BCUT2D eigenvalue weighted by Crippen LogP contribution is 2.26. The lowest BCUT2D eigenvalue weighted by Gasteiger charge is -2.11. The normalized spacial score (nSPS) is 11.6. The van der Waals surface area contributed by atoms with E-state index in [4.69, 9.17) is 4.42 Å². The number of ketones is 1. The van der Waals surface area contributed by atoms with Crippen LogP contribution in [0.25, 0.3) is 0 Å². The number of nitrogens with one attached hydrogen (secondary N) is 1. The molecule has 2 aromatic rings. The molecule has 0 aliphatic carbocycles. The van der Waals surface area contributed by atoms with Gasteiger partial charge in [0.1, 0.15) is 17.1 Å². The minimum atomic E-state index is -0.821. The SMILES string of the molecule is C=CCCCCc1ccc(CC)s1.COC(=O)N/C=C/CCC(C)c1cc(O)c(C(=O)C(C)C)c(=O)o1. The van der Waals surface area contributed by atoms with Crippen LogP contribution in [0.1, 0.15) is 91.6 Å². The maximum atomic E-state index is 12.0. The number of hydrogen-bond donors (Lipinski definition) is 2. The molecule has 0 aromatic carbocycles. The first kappa shape index (κ1) is 31.9. The first-order valence-electron chi connectivity index (χ1n) is 12.7. The van der Waals surface area contributed by atoms with Crippen LogP contribution in [0.2, 0.25) is 0 Å². The number of rotatable bonds is 13. The third kappa shape index (κ3) is 11.6. The monoisotopic (exact) mass is 531 g/mol. The van der Waals surface area contributed by atoms with E-state index in [1.165, 1.54) is 49.9 Å². The molecular formula is C29H41NO6S. The summed E-state index contributed by atoms with van der Waals surface area (Å²) in [5, 5.41) is 12.4. The van der Waals surface area contributed by atoms with Crippen LogP contribution in [0.3, 0.4) is 0 Å². The van der Waals surface area contributed by atoms with Gasteiger partial charge in [-0.15, -0.1) is 17.9 Å². The molecule has 0 aliphatic heterocycles. The fourth-order valence-electron chi connectivity index (χ4n) is 3.35. The fourth-order valence-corrected chi connectivity index (χ4v) is 4.35. The lowest BCUT2D eigenvalue weighted by Crippen LogP contribution is -2.19. The molecule has 1 atom stereocenters. The molecule has 0 saturated carbocycles. The Bertz CT molecular complexity index is 1080. The Morgan fingerprint density at radius 2 is 1.89 bits per heavy atom. The summed E-state index contributed by atoms with van der Waals surface area (Å²) in [6, 6.07) is 5.85. The van der Waals surface area contributed by atoms with Gasteiger partial charge < -0.3 is 14.3 Å². The molecule has 0 radical (unpaired) electrons. The number of methoxy groups -OCH3 is 1. The van der Waals surface area contributed by atoms with Crippen molar-refractivity contribution >= 4 is 23.2 Å². The van der Waals surface area contributed by atoms with Crippen LogP contribution in [0, 0.1) is 5.92 Å². The second kappa shape index (κ2) is 17.3. The molecule has 0 fully saturated rings. The molecule has 2 rings (SSSR count). The van der Waals surface area contributed by atoms with Crippen molar-refractivity contribution in [2.75, 3.05) is 7.11 Å². The van der Waals surface area contributed by atoms with Gasteiger partial charge in [-0.25, -0.2) is 9.59 Å². The molecule has 0 aliphatic rings. The molecule has 0 bridgehead atoms. The van der Waals surface area contributed by atoms with Gasteiger partial charge in [0.2, 0.25) is 0 Å². The van der Waals surface area contributed by atoms with Gasteiger partial charge in [-0.3, -0.25) is 10.1 Å². The van der Waals surface area contributed by atoms with Crippen molar-refractivity contribution in [1.82, 2.24) is 5.32 Å². The van der Waals surface area contributed by atoms with Crippen molar-refractivity contribution in [3.63, 3.8) is 0 Å². The number of carbonyl (C=O) groups is 2. The largest absolute Gasteiger partial charge is 0.507 e. The maximum Gasteiger partial charge on any atom is 0.410 e. The lowest BCUT2D eigenvalue weighted by molar-refractivity contribution is 0.0931. The predicted octanol–water partition coefficient (Wildman–Crippen LogP) is 7.15. The third-order valence-electron chi connectivity index (χ3n) is 5.62. The Balaban J connectivity index is 0.000000442. The van der Waals surface area contributed by atoms with Crippen LogP contribution < -0.4 is 10.9 Å². The molecule has 1 amide bonds. The number of allylic oxidation sites excluding steroid dienone is 2. The van der Waals surface area contributed by atoms with E-state index in [1.807, 2.05) is 24.3 Å². The second-order valence-corrected chi connectivity index (χ2v) is 10.2. The van der Waals surface area contributed by atoms with E-state index in [2.05, 4.69) is 35.7 Å². The highest BCUT2D eigenvalue weighted by atomic mass is 32.1. The van der Waals surface area contributed by atoms with E-state index in [-0.39, 0.29) is 17.2 Å². The molecule has 37 heavy (non-hydrogen) atoms. The summed E-state index contributed by atoms with van der Waals surface area (Å²) in [5.74, 6) is -1.04. The average Bonchev–Trinajstić information content (AvgIpc) is 3.34. The summed E-state index contributed by atoms with van der Waals surface area (Å²) >= 11 is 1.97. The number of alkyl carbamates (subject to hydrolysis) is 1. The van der Waals surface area contributed by atoms with Gasteiger partial charge >= 0.3 is 11.7 Å². The summed E-state index contributed by atoms with van der Waals surface area (Å²) < 4.78 is 9.60. The van der Waals surface area contributed by atoms with Gasteiger partial charge in [-0.2, -0.15) is 0 Å². The second-order valence-electron chi connectivity index (χ2n) is 8.99. The standard InChI is InChI=1S/C17H23NO6.C12H18S/c1-10(2)15(20)14-12(19)9-13(24-16(14)21)11(3)7-5-6-8-18-17(22)23-4;1-3-5-6-7-8-12-10-9-11(4-2)13-12/h6,8-11,19H,5,7H2,1-4H3,(H,18,22);3,9-10H,1,4-8H2,2H3/b8-6+;. The molecule has 2 aromatic heterocycles. The summed E-state index contributed by atoms with van der Waals surface area (Å²) in [6.45, 7) is 11.1. The zero-order valence-corrected chi connectivity index (χ0v) is 23.5. The fraction of sp³-hybridized carbons (Fsp3) is 0.483. The average molecular weight is 532 g/mol. The number of unbranched alkanes of at least 4 members (excludes halogenated alkanes) is 2. The minimum Gasteiger partial charge on any atom is -0.507 e. The minimum absolute atomic E-state index is 0.144. The van der Waals surface area contributed by atoms with Gasteiger partial charge in [-0.1, -0.05) is 39.8 Å².